The van der Waals surface area contributed by atoms with E-state index in [9.17, 15) is 9.59 Å². The van der Waals surface area contributed by atoms with Crippen molar-refractivity contribution < 1.29 is 14.2 Å². The summed E-state index contributed by atoms with van der Waals surface area (Å²) in [6, 6.07) is 6.90. The van der Waals surface area contributed by atoms with E-state index in [1.807, 2.05) is 28.8 Å². The molecule has 2 aliphatic rings. The molecular formula is C14H13Br2N4O2+. The fourth-order valence-corrected chi connectivity index (χ4v) is 3.52. The van der Waals surface area contributed by atoms with Gasteiger partial charge in [-0.25, -0.2) is 9.37 Å². The van der Waals surface area contributed by atoms with E-state index < -0.39 is 6.04 Å². The summed E-state index contributed by atoms with van der Waals surface area (Å²) in [5.41, 5.74) is 1.04. The van der Waals surface area contributed by atoms with Gasteiger partial charge < -0.3 is 0 Å². The fourth-order valence-electron chi connectivity index (χ4n) is 2.56. The van der Waals surface area contributed by atoms with E-state index in [0.29, 0.717) is 17.1 Å². The maximum absolute atomic E-state index is 12.5. The summed E-state index contributed by atoms with van der Waals surface area (Å²) in [6.45, 7) is 0.513. The average molecular weight is 429 g/mol. The number of amidine groups is 2. The molecule has 0 aromatic heterocycles. The van der Waals surface area contributed by atoms with Crippen molar-refractivity contribution in [2.45, 2.75) is 12.6 Å². The Labute approximate surface area is 144 Å². The van der Waals surface area contributed by atoms with Gasteiger partial charge in [0, 0.05) is 18.6 Å². The number of urea groups is 1. The van der Waals surface area contributed by atoms with Gasteiger partial charge in [0.2, 0.25) is 0 Å². The number of amides is 3. The molecule has 22 heavy (non-hydrogen) atoms. The minimum absolute atomic E-state index is 0.272. The van der Waals surface area contributed by atoms with Gasteiger partial charge in [-0.2, -0.15) is 0 Å². The molecule has 0 radical (unpaired) electrons. The topological polar surface area (TPSA) is 56.0 Å². The molecule has 2 aliphatic heterocycles. The smallest absolute Gasteiger partial charge is 0.269 e. The first-order valence-electron chi connectivity index (χ1n) is 6.57. The van der Waals surface area contributed by atoms with Crippen molar-refractivity contribution in [3.8, 4) is 0 Å². The van der Waals surface area contributed by atoms with Crippen LogP contribution in [0.3, 0.4) is 0 Å². The van der Waals surface area contributed by atoms with Crippen LogP contribution in [0.2, 0.25) is 0 Å². The van der Waals surface area contributed by atoms with Crippen LogP contribution in [0, 0.1) is 0 Å². The minimum atomic E-state index is -0.582. The Morgan fingerprint density at radius 1 is 1.23 bits per heavy atom. The SMILES string of the molecule is CN1C(=O)C2C(=NC(Br)=[N+]2Cc2cccc(Br)c2)N(C)C1=O. The quantitative estimate of drug-likeness (QED) is 0.534. The third-order valence-electron chi connectivity index (χ3n) is 3.72. The summed E-state index contributed by atoms with van der Waals surface area (Å²) < 4.78 is 3.37. The van der Waals surface area contributed by atoms with Crippen molar-refractivity contribution >= 4 is 54.4 Å². The predicted octanol–water partition coefficient (Wildman–Crippen LogP) is 2.02. The lowest BCUT2D eigenvalue weighted by atomic mass is 10.1. The van der Waals surface area contributed by atoms with Crippen molar-refractivity contribution in [3.63, 3.8) is 0 Å². The summed E-state index contributed by atoms with van der Waals surface area (Å²) in [7, 11) is 3.11. The van der Waals surface area contributed by atoms with Gasteiger partial charge in [0.25, 0.3) is 17.8 Å². The molecule has 0 aliphatic carbocycles. The first-order valence-corrected chi connectivity index (χ1v) is 8.16. The number of hydrogen-bond donors (Lipinski definition) is 0. The third kappa shape index (κ3) is 2.40. The number of fused-ring (bicyclic) bond motifs is 1. The van der Waals surface area contributed by atoms with Crippen LogP contribution in [0.25, 0.3) is 0 Å². The molecule has 3 rings (SSSR count). The summed E-state index contributed by atoms with van der Waals surface area (Å²) in [6.07, 6.45) is 0. The zero-order valence-corrected chi connectivity index (χ0v) is 15.1. The first kappa shape index (κ1) is 15.4. The second-order valence-corrected chi connectivity index (χ2v) is 6.76. The van der Waals surface area contributed by atoms with Crippen molar-refractivity contribution in [2.75, 3.05) is 14.1 Å². The lowest BCUT2D eigenvalue weighted by molar-refractivity contribution is -0.548. The monoisotopic (exact) mass is 427 g/mol. The first-order chi connectivity index (χ1) is 10.4. The molecule has 0 saturated carbocycles. The maximum atomic E-state index is 12.5. The summed E-state index contributed by atoms with van der Waals surface area (Å²) >= 11 is 6.84. The van der Waals surface area contributed by atoms with Crippen LogP contribution in [-0.2, 0) is 11.3 Å². The summed E-state index contributed by atoms with van der Waals surface area (Å²) in [5.74, 6) is 0.182. The van der Waals surface area contributed by atoms with Gasteiger partial charge in [-0.05, 0) is 22.7 Å². The Kier molecular flexibility index (Phi) is 3.90. The molecule has 1 fully saturated rings. The van der Waals surface area contributed by atoms with Gasteiger partial charge >= 0.3 is 10.8 Å². The zero-order valence-electron chi connectivity index (χ0n) is 12.0. The second kappa shape index (κ2) is 5.58. The lowest BCUT2D eigenvalue weighted by Gasteiger charge is -2.30. The molecule has 1 unspecified atom stereocenters. The van der Waals surface area contributed by atoms with Crippen molar-refractivity contribution in [1.29, 1.82) is 0 Å². The number of nitrogens with zero attached hydrogens (tertiary/aromatic N) is 4. The van der Waals surface area contributed by atoms with Gasteiger partial charge in [-0.1, -0.05) is 28.1 Å². The number of benzene rings is 1. The third-order valence-corrected chi connectivity index (χ3v) is 4.85. The highest BCUT2D eigenvalue weighted by Gasteiger charge is 2.52. The highest BCUT2D eigenvalue weighted by Crippen LogP contribution is 2.22. The molecule has 1 aromatic carbocycles. The Balaban J connectivity index is 1.96. The predicted molar refractivity (Wildman–Crippen MR) is 89.2 cm³/mol. The van der Waals surface area contributed by atoms with Crippen LogP contribution in [0.1, 0.15) is 5.56 Å². The summed E-state index contributed by atoms with van der Waals surface area (Å²) in [5, 5.41) is 0. The number of carbonyl (C=O) groups excluding carboxylic acids is 2. The van der Waals surface area contributed by atoms with Crippen molar-refractivity contribution in [1.82, 2.24) is 9.80 Å². The molecule has 0 N–H and O–H groups in total. The van der Waals surface area contributed by atoms with Crippen LogP contribution < -0.4 is 0 Å². The summed E-state index contributed by atoms with van der Waals surface area (Å²) in [4.78, 5) is 31.4. The molecular weight excluding hydrogens is 416 g/mol. The minimum Gasteiger partial charge on any atom is -0.269 e. The Morgan fingerprint density at radius 2 is 1.95 bits per heavy atom. The van der Waals surface area contributed by atoms with Crippen LogP contribution in [0.4, 0.5) is 4.79 Å². The molecule has 3 amide bonds. The second-order valence-electron chi connectivity index (χ2n) is 5.14. The van der Waals surface area contributed by atoms with Crippen molar-refractivity contribution in [2.24, 2.45) is 4.99 Å². The van der Waals surface area contributed by atoms with Crippen LogP contribution in [0.15, 0.2) is 33.7 Å². The van der Waals surface area contributed by atoms with E-state index in [1.165, 1.54) is 11.9 Å². The van der Waals surface area contributed by atoms with E-state index in [2.05, 4.69) is 36.9 Å². The molecule has 114 valence electrons. The highest BCUT2D eigenvalue weighted by molar-refractivity contribution is 9.18. The van der Waals surface area contributed by atoms with Crippen molar-refractivity contribution in [3.05, 3.63) is 34.3 Å². The molecule has 8 heteroatoms. The fraction of sp³-hybridized carbons (Fsp3) is 0.286. The van der Waals surface area contributed by atoms with E-state index in [1.54, 1.807) is 7.05 Å². The number of hydrogen-bond acceptors (Lipinski definition) is 3. The van der Waals surface area contributed by atoms with Gasteiger partial charge in [-0.3, -0.25) is 14.6 Å². The number of carbonyl (C=O) groups is 2. The number of halogens is 2. The van der Waals surface area contributed by atoms with Gasteiger partial charge in [0.05, 0.1) is 15.9 Å². The van der Waals surface area contributed by atoms with E-state index in [-0.39, 0.29) is 11.9 Å². The largest absolute Gasteiger partial charge is 0.365 e. The highest BCUT2D eigenvalue weighted by atomic mass is 79.9. The van der Waals surface area contributed by atoms with Crippen LogP contribution in [0.5, 0.6) is 0 Å². The Hall–Kier alpha value is -1.54. The molecule has 6 nitrogen and oxygen atoms in total. The Morgan fingerprint density at radius 3 is 2.64 bits per heavy atom. The number of aliphatic imine (C=N–C) groups is 1. The van der Waals surface area contributed by atoms with Gasteiger partial charge in [0.15, 0.2) is 0 Å². The molecule has 1 atom stereocenters. The van der Waals surface area contributed by atoms with Gasteiger partial charge in [0.1, 0.15) is 6.54 Å². The standard InChI is InChI=1S/C14H13Br2N4O2/c1-18-11-10(12(21)19(2)14(18)22)20(13(16)17-11)7-8-4-3-5-9(15)6-8/h3-6,10H,7H2,1-2H3/q+1. The molecule has 1 aromatic rings. The molecule has 2 heterocycles. The number of likely N-dealkylation sites (N-methyl/N-ethyl adjacent to an activating group) is 2. The lowest BCUT2D eigenvalue weighted by Crippen LogP contribution is -2.61. The van der Waals surface area contributed by atoms with E-state index >= 15 is 0 Å². The van der Waals surface area contributed by atoms with E-state index in [4.69, 9.17) is 0 Å². The van der Waals surface area contributed by atoms with Gasteiger partial charge in [-0.15, -0.1) is 0 Å². The van der Waals surface area contributed by atoms with Crippen LogP contribution in [-0.4, -0.2) is 57.0 Å². The average Bonchev–Trinajstić information content (AvgIpc) is 2.80. The normalized spacial score (nSPS) is 21.5. The molecule has 1 saturated heterocycles. The van der Waals surface area contributed by atoms with E-state index in [0.717, 1.165) is 14.9 Å². The number of rotatable bonds is 2. The molecule has 0 spiro atoms. The van der Waals surface area contributed by atoms with Crippen LogP contribution >= 0.6 is 31.9 Å². The molecule has 0 bridgehead atoms. The maximum Gasteiger partial charge on any atom is 0.365 e. The Bertz CT molecular complexity index is 744. The zero-order chi connectivity index (χ0) is 16.0. The number of imide groups is 1.